The van der Waals surface area contributed by atoms with Gasteiger partial charge >= 0.3 is 7.82 Å². The van der Waals surface area contributed by atoms with Crippen molar-refractivity contribution in [1.82, 2.24) is 0 Å². The smallest absolute Gasteiger partial charge is 0.474 e. The van der Waals surface area contributed by atoms with E-state index < -0.39 is 7.82 Å². The van der Waals surface area contributed by atoms with Crippen LogP contribution < -0.4 is 4.74 Å². The van der Waals surface area contributed by atoms with E-state index in [0.717, 1.165) is 18.9 Å². The molecule has 2 aromatic carbocycles. The Balaban J connectivity index is 1.81. The molecule has 8 nitrogen and oxygen atoms in total. The van der Waals surface area contributed by atoms with Crippen LogP contribution in [-0.4, -0.2) is 53.0 Å². The van der Waals surface area contributed by atoms with E-state index in [1.165, 1.54) is 0 Å². The maximum Gasteiger partial charge on any atom is 0.474 e. The zero-order valence-electron chi connectivity index (χ0n) is 20.5. The van der Waals surface area contributed by atoms with Gasteiger partial charge in [0.25, 0.3) is 0 Å². The fourth-order valence-electron chi connectivity index (χ4n) is 4.05. The Kier molecular flexibility index (Phi) is 10.4. The molecule has 36 heavy (non-hydrogen) atoms. The predicted octanol–water partition coefficient (Wildman–Crippen LogP) is 6.13. The zero-order valence-corrected chi connectivity index (χ0v) is 25.7. The van der Waals surface area contributed by atoms with Crippen LogP contribution in [-0.2, 0) is 15.5 Å². The highest BCUT2D eigenvalue weighted by molar-refractivity contribution is 14.1. The number of ether oxygens (including phenoxy) is 1. The number of fused-ring (bicyclic) bond motifs is 1. The highest BCUT2D eigenvalue weighted by Gasteiger charge is 2.29. The van der Waals surface area contributed by atoms with Gasteiger partial charge in [0.2, 0.25) is 0 Å². The number of aryl methyl sites for hydroxylation is 1. The molecule has 0 aliphatic heterocycles. The minimum absolute atomic E-state index is 0.0759. The van der Waals surface area contributed by atoms with Gasteiger partial charge in [-0.3, -0.25) is 9.28 Å². The minimum atomic E-state index is -4.55. The molecular formula is C25H31I2NO7P+. The summed E-state index contributed by atoms with van der Waals surface area (Å²) in [5, 5.41) is 0.821. The van der Waals surface area contributed by atoms with Gasteiger partial charge in [0.15, 0.2) is 12.5 Å². The summed E-state index contributed by atoms with van der Waals surface area (Å²) in [6.45, 7) is 7.99. The molecule has 2 N–H and O–H groups in total. The van der Waals surface area contributed by atoms with E-state index in [1.807, 2.05) is 50.2 Å². The lowest BCUT2D eigenvalue weighted by atomic mass is 9.98. The number of carbonyl (C=O) groups is 1. The molecule has 196 valence electrons. The van der Waals surface area contributed by atoms with Crippen molar-refractivity contribution >= 4 is 69.8 Å². The molecule has 1 heterocycles. The summed E-state index contributed by atoms with van der Waals surface area (Å²) in [4.78, 5) is 31.8. The molecule has 3 aromatic rings. The molecule has 0 aliphatic rings. The zero-order chi connectivity index (χ0) is 26.5. The third kappa shape index (κ3) is 7.09. The fraction of sp³-hybridized carbons (Fsp3) is 0.400. The molecule has 0 atom stereocenters. The number of likely N-dealkylation sites (N-methyl/N-ethyl adjacent to an activating group) is 1. The number of hydrogen-bond donors (Lipinski definition) is 2. The van der Waals surface area contributed by atoms with Crippen LogP contribution in [0.1, 0.15) is 48.9 Å². The topological polar surface area (TPSA) is 106 Å². The van der Waals surface area contributed by atoms with E-state index in [-0.39, 0.29) is 12.5 Å². The number of nitrogens with zero attached hydrogens (tertiary/aromatic N) is 1. The molecule has 0 saturated carbocycles. The van der Waals surface area contributed by atoms with Gasteiger partial charge in [0, 0.05) is 17.4 Å². The number of rotatable bonds is 13. The number of benzene rings is 2. The van der Waals surface area contributed by atoms with Gasteiger partial charge in [-0.05, 0) is 83.6 Å². The van der Waals surface area contributed by atoms with Crippen molar-refractivity contribution in [2.24, 2.45) is 0 Å². The number of ketones is 1. The van der Waals surface area contributed by atoms with Crippen LogP contribution >= 0.6 is 53.0 Å². The van der Waals surface area contributed by atoms with Crippen LogP contribution in [0.15, 0.2) is 40.8 Å². The van der Waals surface area contributed by atoms with E-state index in [1.54, 1.807) is 0 Å². The fourth-order valence-corrected chi connectivity index (χ4v) is 6.52. The van der Waals surface area contributed by atoms with Crippen molar-refractivity contribution in [3.63, 3.8) is 0 Å². The van der Waals surface area contributed by atoms with Gasteiger partial charge < -0.3 is 18.9 Å². The Hall–Kier alpha value is -1.02. The highest BCUT2D eigenvalue weighted by Crippen LogP contribution is 2.37. The number of halogens is 2. The number of phosphoric acid groups is 1. The first-order chi connectivity index (χ1) is 17.0. The van der Waals surface area contributed by atoms with Gasteiger partial charge in [-0.15, -0.1) is 0 Å². The number of phosphoric ester groups is 1. The first kappa shape index (κ1) is 29.5. The Labute approximate surface area is 238 Å². The van der Waals surface area contributed by atoms with E-state index >= 15 is 0 Å². The molecule has 0 unspecified atom stereocenters. The summed E-state index contributed by atoms with van der Waals surface area (Å²) in [6.07, 6.45) is 1.56. The van der Waals surface area contributed by atoms with Crippen LogP contribution in [0, 0.1) is 7.14 Å². The Morgan fingerprint density at radius 3 is 2.31 bits per heavy atom. The van der Waals surface area contributed by atoms with Crippen LogP contribution in [0.3, 0.4) is 0 Å². The van der Waals surface area contributed by atoms with Crippen LogP contribution in [0.4, 0.5) is 0 Å². The van der Waals surface area contributed by atoms with E-state index in [4.69, 9.17) is 23.5 Å². The van der Waals surface area contributed by atoms with Crippen molar-refractivity contribution in [2.45, 2.75) is 33.6 Å². The summed E-state index contributed by atoms with van der Waals surface area (Å²) in [5.74, 6) is 1.31. The highest BCUT2D eigenvalue weighted by atomic mass is 127. The summed E-state index contributed by atoms with van der Waals surface area (Å²) < 4.78 is 30.1. The summed E-state index contributed by atoms with van der Waals surface area (Å²) >= 11 is 4.35. The second-order valence-electron chi connectivity index (χ2n) is 8.54. The number of hydrogen-bond acceptors (Lipinski definition) is 5. The second kappa shape index (κ2) is 12.7. The van der Waals surface area contributed by atoms with Crippen molar-refractivity contribution in [1.29, 1.82) is 0 Å². The molecule has 11 heteroatoms. The van der Waals surface area contributed by atoms with Crippen LogP contribution in [0.25, 0.3) is 11.0 Å². The Morgan fingerprint density at radius 1 is 1.08 bits per heavy atom. The summed E-state index contributed by atoms with van der Waals surface area (Å²) in [5.41, 5.74) is 1.90. The average molecular weight is 742 g/mol. The van der Waals surface area contributed by atoms with Crippen LogP contribution in [0.2, 0.25) is 0 Å². The first-order valence-corrected chi connectivity index (χ1v) is 15.4. The lowest BCUT2D eigenvalue weighted by molar-refractivity contribution is -0.939. The molecule has 0 amide bonds. The van der Waals surface area contributed by atoms with Crippen LogP contribution in [0.5, 0.6) is 5.75 Å². The molecule has 0 fully saturated rings. The summed E-state index contributed by atoms with van der Waals surface area (Å²) in [7, 11) is -4.55. The van der Waals surface area contributed by atoms with Crippen molar-refractivity contribution in [2.75, 3.05) is 33.0 Å². The molecule has 0 aliphatic carbocycles. The Morgan fingerprint density at radius 2 is 1.72 bits per heavy atom. The van der Waals surface area contributed by atoms with E-state index in [2.05, 4.69) is 52.1 Å². The number of furan rings is 1. The SMILES string of the molecule is CCCc1oc2ccccc2c1C(=O)c1cc(I)c(OCC[N+](CC)(CC)COP(=O)(O)O)c(I)c1. The largest absolute Gasteiger partial charge is 0.485 e. The maximum absolute atomic E-state index is 13.6. The standard InChI is InChI=1S/C25H30I2NO7P/c1-4-9-22-23(18-10-7-8-11-21(18)35-22)24(29)17-14-19(26)25(20(27)15-17)33-13-12-28(5-2,6-3)16-34-36(30,31)32/h7-8,10-11,14-15H,4-6,9,12-13,16H2,1-3H3,(H-,30,31,32)/p+1. The number of carbonyl (C=O) groups excluding carboxylic acids is 1. The average Bonchev–Trinajstić information content (AvgIpc) is 3.20. The molecule has 3 rings (SSSR count). The molecular weight excluding hydrogens is 711 g/mol. The number of para-hydroxylation sites is 1. The quantitative estimate of drug-likeness (QED) is 0.0715. The van der Waals surface area contributed by atoms with Gasteiger partial charge in [-0.1, -0.05) is 25.1 Å². The molecule has 0 radical (unpaired) electrons. The molecule has 1 aromatic heterocycles. The second-order valence-corrected chi connectivity index (χ2v) is 12.1. The normalized spacial score (nSPS) is 12.3. The van der Waals surface area contributed by atoms with Crippen molar-refractivity contribution < 1.29 is 37.3 Å². The van der Waals surface area contributed by atoms with E-state index in [9.17, 15) is 9.36 Å². The lowest BCUT2D eigenvalue weighted by Gasteiger charge is -2.35. The maximum atomic E-state index is 13.6. The summed E-state index contributed by atoms with van der Waals surface area (Å²) in [6, 6.07) is 11.3. The molecule has 0 saturated heterocycles. The molecule has 0 spiro atoms. The first-order valence-electron chi connectivity index (χ1n) is 11.8. The molecule has 0 bridgehead atoms. The van der Waals surface area contributed by atoms with Gasteiger partial charge in [0.05, 0.1) is 25.8 Å². The van der Waals surface area contributed by atoms with E-state index in [0.29, 0.717) is 65.4 Å². The third-order valence-corrected chi connectivity index (χ3v) is 8.34. The van der Waals surface area contributed by atoms with Gasteiger partial charge in [-0.2, -0.15) is 0 Å². The third-order valence-electron chi connectivity index (χ3n) is 6.29. The van der Waals surface area contributed by atoms with Gasteiger partial charge in [-0.25, -0.2) is 9.09 Å². The minimum Gasteiger partial charge on any atom is -0.485 e. The van der Waals surface area contributed by atoms with Gasteiger partial charge in [0.1, 0.15) is 30.2 Å². The predicted molar refractivity (Wildman–Crippen MR) is 155 cm³/mol. The Bertz CT molecular complexity index is 1240. The lowest BCUT2D eigenvalue weighted by Crippen LogP contribution is -2.51. The van der Waals surface area contributed by atoms with Crippen molar-refractivity contribution in [3.8, 4) is 5.75 Å². The monoisotopic (exact) mass is 742 g/mol. The number of quaternary nitrogens is 1. The van der Waals surface area contributed by atoms with Crippen molar-refractivity contribution in [3.05, 3.63) is 60.4 Å².